The van der Waals surface area contributed by atoms with Crippen molar-refractivity contribution in [1.82, 2.24) is 8.43 Å². The molecule has 0 spiro atoms. The summed E-state index contributed by atoms with van der Waals surface area (Å²) in [6, 6.07) is 1.66. The van der Waals surface area contributed by atoms with E-state index >= 15 is 0 Å². The first-order valence-electron chi connectivity index (χ1n) is 3.02. The normalized spacial score (nSPS) is 46.1. The lowest BCUT2D eigenvalue weighted by Gasteiger charge is -2.19. The van der Waals surface area contributed by atoms with Gasteiger partial charge in [-0.3, -0.25) is 0 Å². The van der Waals surface area contributed by atoms with Gasteiger partial charge in [-0.1, -0.05) is 0 Å². The number of nitrogens with zero attached hydrogens (tertiary/aromatic N) is 1. The molecule has 0 aromatic carbocycles. The van der Waals surface area contributed by atoms with E-state index in [4.69, 9.17) is 0 Å². The summed E-state index contributed by atoms with van der Waals surface area (Å²) in [5.41, 5.74) is 0. The summed E-state index contributed by atoms with van der Waals surface area (Å²) >= 11 is 2.42. The number of fused-ring (bicyclic) bond motifs is 2. The molecule has 3 heteroatoms. The third-order valence-corrected chi connectivity index (χ3v) is 3.17. The Balaban J connectivity index is 2.11. The number of hydrogen-bond donors (Lipinski definition) is 1. The summed E-state index contributed by atoms with van der Waals surface area (Å²) in [6.45, 7) is 2.47. The third-order valence-electron chi connectivity index (χ3n) is 1.99. The van der Waals surface area contributed by atoms with Crippen molar-refractivity contribution in [2.45, 2.75) is 18.5 Å². The molecule has 1 N–H and O–H groups in total. The average Bonchev–Trinajstić information content (AvgIpc) is 2.23. The molecule has 0 aromatic rings. The fourth-order valence-electron chi connectivity index (χ4n) is 1.51. The second kappa shape index (κ2) is 1.82. The molecular weight excluding hydrogens is 215 g/mol. The van der Waals surface area contributed by atoms with E-state index in [1.54, 1.807) is 0 Å². The standard InChI is InChI=1S/C5H9IN2/c6-8-3-4-1-5(8)2-7-4/h4-5,7H,1-3H2. The van der Waals surface area contributed by atoms with E-state index < -0.39 is 0 Å². The maximum atomic E-state index is 3.44. The molecule has 0 saturated carbocycles. The number of hydrogen-bond acceptors (Lipinski definition) is 2. The van der Waals surface area contributed by atoms with Gasteiger partial charge < -0.3 is 5.32 Å². The second-order valence-corrected chi connectivity index (χ2v) is 3.82. The highest BCUT2D eigenvalue weighted by Crippen LogP contribution is 2.25. The van der Waals surface area contributed by atoms with Crippen LogP contribution in [-0.2, 0) is 0 Å². The molecule has 2 heterocycles. The van der Waals surface area contributed by atoms with Gasteiger partial charge in [0.2, 0.25) is 0 Å². The van der Waals surface area contributed by atoms with E-state index in [-0.39, 0.29) is 0 Å². The molecule has 2 saturated heterocycles. The molecule has 8 heavy (non-hydrogen) atoms. The van der Waals surface area contributed by atoms with Gasteiger partial charge in [-0.2, -0.15) is 0 Å². The maximum absolute atomic E-state index is 3.44. The summed E-state index contributed by atoms with van der Waals surface area (Å²) in [7, 11) is 0. The van der Waals surface area contributed by atoms with E-state index in [1.165, 1.54) is 19.5 Å². The van der Waals surface area contributed by atoms with Crippen LogP contribution < -0.4 is 5.32 Å². The predicted molar refractivity (Wildman–Crippen MR) is 40.9 cm³/mol. The number of halogens is 1. The number of rotatable bonds is 0. The Bertz CT molecular complexity index is 105. The summed E-state index contributed by atoms with van der Waals surface area (Å²) in [5.74, 6) is 0. The molecule has 0 amide bonds. The molecular formula is C5H9IN2. The smallest absolute Gasteiger partial charge is 0.0335 e. The first-order chi connectivity index (χ1) is 3.86. The summed E-state index contributed by atoms with van der Waals surface area (Å²) in [6.07, 6.45) is 1.38. The van der Waals surface area contributed by atoms with Crippen molar-refractivity contribution in [2.75, 3.05) is 13.1 Å². The summed E-state index contributed by atoms with van der Waals surface area (Å²) in [4.78, 5) is 0. The van der Waals surface area contributed by atoms with Crippen molar-refractivity contribution >= 4 is 22.9 Å². The van der Waals surface area contributed by atoms with Crippen LogP contribution in [0.5, 0.6) is 0 Å². The average molecular weight is 224 g/mol. The Kier molecular flexibility index (Phi) is 1.23. The van der Waals surface area contributed by atoms with E-state index in [9.17, 15) is 0 Å². The lowest BCUT2D eigenvalue weighted by atomic mass is 10.3. The highest BCUT2D eigenvalue weighted by Gasteiger charge is 2.35. The summed E-state index contributed by atoms with van der Waals surface area (Å²) < 4.78 is 2.42. The molecule has 2 rings (SSSR count). The van der Waals surface area contributed by atoms with Gasteiger partial charge in [-0.25, -0.2) is 3.11 Å². The van der Waals surface area contributed by atoms with E-state index in [2.05, 4.69) is 31.3 Å². The molecule has 46 valence electrons. The zero-order valence-electron chi connectivity index (χ0n) is 4.60. The Hall–Kier alpha value is 0.650. The van der Waals surface area contributed by atoms with Crippen molar-refractivity contribution in [1.29, 1.82) is 0 Å². The zero-order valence-corrected chi connectivity index (χ0v) is 6.76. The monoisotopic (exact) mass is 224 g/mol. The van der Waals surface area contributed by atoms with Gasteiger partial charge in [0.15, 0.2) is 0 Å². The van der Waals surface area contributed by atoms with Crippen LogP contribution in [0, 0.1) is 0 Å². The first-order valence-corrected chi connectivity index (χ1v) is 3.98. The van der Waals surface area contributed by atoms with E-state index in [0.717, 1.165) is 12.1 Å². The van der Waals surface area contributed by atoms with Gasteiger partial charge in [0.1, 0.15) is 0 Å². The van der Waals surface area contributed by atoms with Gasteiger partial charge in [0.25, 0.3) is 0 Å². The molecule has 0 radical (unpaired) electrons. The Morgan fingerprint density at radius 2 is 2.50 bits per heavy atom. The minimum absolute atomic E-state index is 0.817. The van der Waals surface area contributed by atoms with Crippen LogP contribution in [0.15, 0.2) is 0 Å². The molecule has 2 atom stereocenters. The van der Waals surface area contributed by atoms with Crippen molar-refractivity contribution in [3.8, 4) is 0 Å². The molecule has 0 aromatic heterocycles. The van der Waals surface area contributed by atoms with Crippen LogP contribution in [0.3, 0.4) is 0 Å². The Morgan fingerprint density at radius 3 is 2.75 bits per heavy atom. The molecule has 2 aliphatic rings. The van der Waals surface area contributed by atoms with E-state index in [0.29, 0.717) is 0 Å². The largest absolute Gasteiger partial charge is 0.311 e. The molecule has 2 nitrogen and oxygen atoms in total. The van der Waals surface area contributed by atoms with Gasteiger partial charge in [-0.05, 0) is 6.42 Å². The molecule has 0 aliphatic carbocycles. The van der Waals surface area contributed by atoms with Gasteiger partial charge in [0, 0.05) is 48.0 Å². The fourth-order valence-corrected chi connectivity index (χ4v) is 2.41. The Labute approximate surface area is 63.1 Å². The van der Waals surface area contributed by atoms with Gasteiger partial charge in [0.05, 0.1) is 0 Å². The minimum atomic E-state index is 0.817. The number of piperazine rings is 1. The van der Waals surface area contributed by atoms with Crippen molar-refractivity contribution < 1.29 is 0 Å². The maximum Gasteiger partial charge on any atom is 0.0335 e. The summed E-state index contributed by atoms with van der Waals surface area (Å²) in [5, 5.41) is 3.44. The minimum Gasteiger partial charge on any atom is -0.311 e. The molecule has 2 fully saturated rings. The SMILES string of the molecule is IN1CC2CC1CN2. The highest BCUT2D eigenvalue weighted by atomic mass is 127. The lowest BCUT2D eigenvalue weighted by Crippen LogP contribution is -2.38. The van der Waals surface area contributed by atoms with Crippen LogP contribution in [0.4, 0.5) is 0 Å². The van der Waals surface area contributed by atoms with Crippen molar-refractivity contribution in [3.05, 3.63) is 0 Å². The predicted octanol–water partition coefficient (Wildman–Crippen LogP) is 0.383. The molecule has 2 bridgehead atoms. The first kappa shape index (κ1) is 5.44. The quantitative estimate of drug-likeness (QED) is 0.472. The highest BCUT2D eigenvalue weighted by molar-refractivity contribution is 14.1. The molecule has 2 aliphatic heterocycles. The van der Waals surface area contributed by atoms with E-state index in [1.807, 2.05) is 0 Å². The third kappa shape index (κ3) is 0.681. The molecule has 2 unspecified atom stereocenters. The van der Waals surface area contributed by atoms with Gasteiger partial charge in [-0.15, -0.1) is 0 Å². The van der Waals surface area contributed by atoms with Crippen molar-refractivity contribution in [2.24, 2.45) is 0 Å². The Morgan fingerprint density at radius 1 is 1.62 bits per heavy atom. The second-order valence-electron chi connectivity index (χ2n) is 2.58. The topological polar surface area (TPSA) is 15.3 Å². The van der Waals surface area contributed by atoms with Crippen LogP contribution in [0.2, 0.25) is 0 Å². The van der Waals surface area contributed by atoms with Crippen molar-refractivity contribution in [3.63, 3.8) is 0 Å². The fraction of sp³-hybridized carbons (Fsp3) is 1.00. The van der Waals surface area contributed by atoms with Crippen LogP contribution in [0.25, 0.3) is 0 Å². The van der Waals surface area contributed by atoms with Crippen LogP contribution >= 0.6 is 22.9 Å². The van der Waals surface area contributed by atoms with Gasteiger partial charge >= 0.3 is 0 Å². The van der Waals surface area contributed by atoms with Crippen LogP contribution in [0.1, 0.15) is 6.42 Å². The van der Waals surface area contributed by atoms with Crippen LogP contribution in [-0.4, -0.2) is 28.3 Å². The lowest BCUT2D eigenvalue weighted by molar-refractivity contribution is 0.413. The number of nitrogens with one attached hydrogen (secondary N) is 1. The zero-order chi connectivity index (χ0) is 5.56.